The smallest absolute Gasteiger partial charge is 0.256 e. The molecule has 7 nitrogen and oxygen atoms in total. The van der Waals surface area contributed by atoms with Crippen molar-refractivity contribution < 1.29 is 9.53 Å². The number of nitrogens with one attached hydrogen (secondary N) is 1. The van der Waals surface area contributed by atoms with Crippen LogP contribution in [0.2, 0.25) is 0 Å². The van der Waals surface area contributed by atoms with Crippen molar-refractivity contribution in [1.82, 2.24) is 20.2 Å². The molecule has 3 aromatic carbocycles. The van der Waals surface area contributed by atoms with Gasteiger partial charge in [-0.3, -0.25) is 4.79 Å². The topological polar surface area (TPSA) is 81.9 Å². The molecular formula is C22H19N5O2. The molecule has 1 heterocycles. The zero-order chi connectivity index (χ0) is 20.1. The second-order valence-corrected chi connectivity index (χ2v) is 6.47. The minimum atomic E-state index is -0.205. The standard InChI is InChI=1S/C22H19N5O2/c1-16-11-12-18(13-21(16)27-15-23-25-26-27)24-22(28)20-10-6-5-7-17(20)14-29-19-8-3-2-4-9-19/h2-13,15H,14H2,1H3,(H,24,28). The summed E-state index contributed by atoms with van der Waals surface area (Å²) in [4.78, 5) is 12.9. The maximum absolute atomic E-state index is 12.9. The molecule has 0 bridgehead atoms. The van der Waals surface area contributed by atoms with Crippen LogP contribution in [0.1, 0.15) is 21.5 Å². The van der Waals surface area contributed by atoms with E-state index in [4.69, 9.17) is 4.74 Å². The molecule has 7 heteroatoms. The van der Waals surface area contributed by atoms with Gasteiger partial charge in [0.2, 0.25) is 0 Å². The van der Waals surface area contributed by atoms with Gasteiger partial charge in [-0.15, -0.1) is 5.10 Å². The number of benzene rings is 3. The van der Waals surface area contributed by atoms with E-state index in [2.05, 4.69) is 20.8 Å². The molecule has 0 atom stereocenters. The van der Waals surface area contributed by atoms with Crippen LogP contribution in [0.15, 0.2) is 79.1 Å². The Hall–Kier alpha value is -4.00. The van der Waals surface area contributed by atoms with E-state index in [9.17, 15) is 4.79 Å². The lowest BCUT2D eigenvalue weighted by Gasteiger charge is -2.13. The first-order chi connectivity index (χ1) is 14.2. The predicted molar refractivity (Wildman–Crippen MR) is 109 cm³/mol. The van der Waals surface area contributed by atoms with E-state index in [1.54, 1.807) is 10.7 Å². The van der Waals surface area contributed by atoms with E-state index < -0.39 is 0 Å². The number of amides is 1. The molecule has 144 valence electrons. The highest BCUT2D eigenvalue weighted by molar-refractivity contribution is 6.05. The van der Waals surface area contributed by atoms with E-state index in [0.29, 0.717) is 17.9 Å². The van der Waals surface area contributed by atoms with Gasteiger partial charge in [0, 0.05) is 16.8 Å². The number of ether oxygens (including phenoxy) is 1. The number of anilines is 1. The minimum absolute atomic E-state index is 0.205. The predicted octanol–water partition coefficient (Wildman–Crippen LogP) is 3.80. The van der Waals surface area contributed by atoms with E-state index in [1.807, 2.05) is 73.7 Å². The van der Waals surface area contributed by atoms with Crippen molar-refractivity contribution in [3.8, 4) is 11.4 Å². The van der Waals surface area contributed by atoms with Crippen LogP contribution in [0.25, 0.3) is 5.69 Å². The van der Waals surface area contributed by atoms with Crippen molar-refractivity contribution in [3.05, 3.63) is 95.8 Å². The SMILES string of the molecule is Cc1ccc(NC(=O)c2ccccc2COc2ccccc2)cc1-n1cnnn1. The van der Waals surface area contributed by atoms with Gasteiger partial charge in [0.25, 0.3) is 5.91 Å². The summed E-state index contributed by atoms with van der Waals surface area (Å²) in [6.07, 6.45) is 1.52. The van der Waals surface area contributed by atoms with Crippen molar-refractivity contribution in [3.63, 3.8) is 0 Å². The molecule has 0 unspecified atom stereocenters. The van der Waals surface area contributed by atoms with Gasteiger partial charge in [-0.2, -0.15) is 0 Å². The van der Waals surface area contributed by atoms with Crippen molar-refractivity contribution >= 4 is 11.6 Å². The molecule has 0 saturated heterocycles. The van der Waals surface area contributed by atoms with Crippen LogP contribution in [0.3, 0.4) is 0 Å². The van der Waals surface area contributed by atoms with Crippen LogP contribution in [0, 0.1) is 6.92 Å². The second-order valence-electron chi connectivity index (χ2n) is 6.47. The highest BCUT2D eigenvalue weighted by Gasteiger charge is 2.13. The van der Waals surface area contributed by atoms with Crippen LogP contribution in [-0.4, -0.2) is 26.1 Å². The zero-order valence-electron chi connectivity index (χ0n) is 15.8. The molecule has 1 aromatic heterocycles. The highest BCUT2D eigenvalue weighted by Crippen LogP contribution is 2.20. The van der Waals surface area contributed by atoms with Crippen molar-refractivity contribution in [2.24, 2.45) is 0 Å². The van der Waals surface area contributed by atoms with E-state index in [-0.39, 0.29) is 5.91 Å². The maximum atomic E-state index is 12.9. The Morgan fingerprint density at radius 2 is 1.83 bits per heavy atom. The third-order valence-electron chi connectivity index (χ3n) is 4.46. The number of rotatable bonds is 6. The molecule has 1 amide bonds. The number of hydrogen-bond donors (Lipinski definition) is 1. The number of nitrogens with zero attached hydrogens (tertiary/aromatic N) is 4. The molecule has 29 heavy (non-hydrogen) atoms. The van der Waals surface area contributed by atoms with Crippen LogP contribution >= 0.6 is 0 Å². The molecule has 0 aliphatic carbocycles. The van der Waals surface area contributed by atoms with E-state index in [0.717, 1.165) is 22.6 Å². The van der Waals surface area contributed by atoms with E-state index in [1.165, 1.54) is 6.33 Å². The lowest BCUT2D eigenvalue weighted by Crippen LogP contribution is -2.15. The quantitative estimate of drug-likeness (QED) is 0.546. The fourth-order valence-electron chi connectivity index (χ4n) is 2.95. The summed E-state index contributed by atoms with van der Waals surface area (Å²) >= 11 is 0. The van der Waals surface area contributed by atoms with Crippen LogP contribution < -0.4 is 10.1 Å². The molecule has 4 rings (SSSR count). The Balaban J connectivity index is 1.53. The third-order valence-corrected chi connectivity index (χ3v) is 4.46. The van der Waals surface area contributed by atoms with Crippen LogP contribution in [-0.2, 0) is 6.61 Å². The first-order valence-electron chi connectivity index (χ1n) is 9.12. The fraction of sp³-hybridized carbons (Fsp3) is 0.0909. The summed E-state index contributed by atoms with van der Waals surface area (Å²) in [7, 11) is 0. The number of para-hydroxylation sites is 1. The summed E-state index contributed by atoms with van der Waals surface area (Å²) < 4.78 is 7.37. The molecule has 4 aromatic rings. The number of tetrazole rings is 1. The van der Waals surface area contributed by atoms with Crippen molar-refractivity contribution in [1.29, 1.82) is 0 Å². The van der Waals surface area contributed by atoms with Crippen molar-refractivity contribution in [2.75, 3.05) is 5.32 Å². The summed E-state index contributed by atoms with van der Waals surface area (Å²) in [5.41, 5.74) is 3.82. The Morgan fingerprint density at radius 1 is 1.03 bits per heavy atom. The Bertz CT molecular complexity index is 1110. The summed E-state index contributed by atoms with van der Waals surface area (Å²) in [5.74, 6) is 0.552. The van der Waals surface area contributed by atoms with Gasteiger partial charge >= 0.3 is 0 Å². The third kappa shape index (κ3) is 4.30. The van der Waals surface area contributed by atoms with Gasteiger partial charge in [-0.05, 0) is 53.2 Å². The average Bonchev–Trinajstić information content (AvgIpc) is 3.29. The van der Waals surface area contributed by atoms with Gasteiger partial charge < -0.3 is 10.1 Å². The van der Waals surface area contributed by atoms with Crippen LogP contribution in [0.5, 0.6) is 5.75 Å². The summed E-state index contributed by atoms with van der Waals surface area (Å²) in [6.45, 7) is 2.26. The number of aryl methyl sites for hydroxylation is 1. The molecular weight excluding hydrogens is 366 g/mol. The largest absolute Gasteiger partial charge is 0.489 e. The average molecular weight is 385 g/mol. The van der Waals surface area contributed by atoms with Gasteiger partial charge in [-0.1, -0.05) is 42.5 Å². The van der Waals surface area contributed by atoms with Crippen LogP contribution in [0.4, 0.5) is 5.69 Å². The molecule has 0 saturated carbocycles. The Labute approximate surface area is 168 Å². The van der Waals surface area contributed by atoms with Gasteiger partial charge in [0.05, 0.1) is 5.69 Å². The number of carbonyl (C=O) groups excluding carboxylic acids is 1. The molecule has 0 radical (unpaired) electrons. The summed E-state index contributed by atoms with van der Waals surface area (Å²) in [5, 5.41) is 14.2. The molecule has 0 aliphatic heterocycles. The van der Waals surface area contributed by atoms with E-state index >= 15 is 0 Å². The maximum Gasteiger partial charge on any atom is 0.256 e. The first kappa shape index (κ1) is 18.4. The number of carbonyl (C=O) groups is 1. The second kappa shape index (κ2) is 8.35. The lowest BCUT2D eigenvalue weighted by atomic mass is 10.1. The highest BCUT2D eigenvalue weighted by atomic mass is 16.5. The Morgan fingerprint density at radius 3 is 2.62 bits per heavy atom. The first-order valence-corrected chi connectivity index (χ1v) is 9.12. The number of hydrogen-bond acceptors (Lipinski definition) is 5. The molecule has 0 aliphatic rings. The van der Waals surface area contributed by atoms with Gasteiger partial charge in [0.15, 0.2) is 0 Å². The van der Waals surface area contributed by atoms with Crippen molar-refractivity contribution in [2.45, 2.75) is 13.5 Å². The monoisotopic (exact) mass is 385 g/mol. The molecule has 1 N–H and O–H groups in total. The van der Waals surface area contributed by atoms with Gasteiger partial charge in [-0.25, -0.2) is 4.68 Å². The normalized spacial score (nSPS) is 10.5. The Kier molecular flexibility index (Phi) is 5.29. The summed E-state index contributed by atoms with van der Waals surface area (Å²) in [6, 6.07) is 22.5. The zero-order valence-corrected chi connectivity index (χ0v) is 15.8. The van der Waals surface area contributed by atoms with Gasteiger partial charge in [0.1, 0.15) is 18.7 Å². The lowest BCUT2D eigenvalue weighted by molar-refractivity contribution is 0.102. The number of aromatic nitrogens is 4. The minimum Gasteiger partial charge on any atom is -0.489 e. The molecule has 0 spiro atoms. The fourth-order valence-corrected chi connectivity index (χ4v) is 2.95. The molecule has 0 fully saturated rings.